The third-order valence-corrected chi connectivity index (χ3v) is 5.71. The van der Waals surface area contributed by atoms with Crippen LogP contribution in [0.4, 0.5) is 5.82 Å². The second-order valence-electron chi connectivity index (χ2n) is 6.14. The first-order chi connectivity index (χ1) is 12.7. The van der Waals surface area contributed by atoms with Gasteiger partial charge in [0, 0.05) is 19.0 Å². The highest BCUT2D eigenvalue weighted by Gasteiger charge is 2.23. The molecule has 1 aliphatic rings. The standard InChI is InChI=1S/C17H20N4O4S/c1-23-14-8-12(10-21-6-3-5-18-21)9-15-16(14)17(19-25-15)20-26(22)13-4-2-7-24-11-13/h3,5-6,8-9,13H,2,4,7,10-11H2,1H3,(H,19,20). The second kappa shape index (κ2) is 7.46. The van der Waals surface area contributed by atoms with E-state index in [1.807, 2.05) is 29.1 Å². The molecular formula is C17H20N4O4S. The van der Waals surface area contributed by atoms with E-state index in [1.54, 1.807) is 13.3 Å². The fourth-order valence-electron chi connectivity index (χ4n) is 3.05. The summed E-state index contributed by atoms with van der Waals surface area (Å²) in [5, 5.41) is 8.89. The Labute approximate surface area is 153 Å². The van der Waals surface area contributed by atoms with E-state index in [0.29, 0.717) is 35.7 Å². The lowest BCUT2D eigenvalue weighted by molar-refractivity contribution is 0.100. The van der Waals surface area contributed by atoms with Crippen molar-refractivity contribution in [1.29, 1.82) is 0 Å². The van der Waals surface area contributed by atoms with E-state index in [4.69, 9.17) is 14.0 Å². The Kier molecular flexibility index (Phi) is 4.89. The smallest absolute Gasteiger partial charge is 0.192 e. The Balaban J connectivity index is 1.61. The molecule has 138 valence electrons. The number of anilines is 1. The summed E-state index contributed by atoms with van der Waals surface area (Å²) >= 11 is 0. The van der Waals surface area contributed by atoms with E-state index in [2.05, 4.69) is 15.0 Å². The van der Waals surface area contributed by atoms with Gasteiger partial charge in [-0.2, -0.15) is 5.10 Å². The molecule has 1 aliphatic heterocycles. The fourth-order valence-corrected chi connectivity index (χ4v) is 4.15. The summed E-state index contributed by atoms with van der Waals surface area (Å²) in [6.45, 7) is 1.81. The molecule has 4 rings (SSSR count). The monoisotopic (exact) mass is 376 g/mol. The van der Waals surface area contributed by atoms with Crippen LogP contribution in [-0.4, -0.2) is 44.7 Å². The number of methoxy groups -OCH3 is 1. The highest BCUT2D eigenvalue weighted by atomic mass is 32.2. The third-order valence-electron chi connectivity index (χ3n) is 4.34. The Hall–Kier alpha value is -2.39. The number of aromatic nitrogens is 3. The maximum Gasteiger partial charge on any atom is 0.192 e. The molecule has 0 radical (unpaired) electrons. The molecule has 2 atom stereocenters. The van der Waals surface area contributed by atoms with E-state index < -0.39 is 11.0 Å². The molecule has 3 aromatic rings. The minimum absolute atomic E-state index is 0.0550. The van der Waals surface area contributed by atoms with Crippen molar-refractivity contribution >= 4 is 27.8 Å². The minimum Gasteiger partial charge on any atom is -0.496 e. The van der Waals surface area contributed by atoms with Crippen molar-refractivity contribution in [3.63, 3.8) is 0 Å². The van der Waals surface area contributed by atoms with Gasteiger partial charge in [0.25, 0.3) is 0 Å². The van der Waals surface area contributed by atoms with Crippen LogP contribution in [0.15, 0.2) is 35.1 Å². The number of benzene rings is 1. The zero-order valence-electron chi connectivity index (χ0n) is 14.4. The molecule has 0 saturated carbocycles. The number of hydrogen-bond acceptors (Lipinski definition) is 6. The number of fused-ring (bicyclic) bond motifs is 1. The zero-order chi connectivity index (χ0) is 17.9. The lowest BCUT2D eigenvalue weighted by Crippen LogP contribution is -2.30. The molecule has 2 aromatic heterocycles. The van der Waals surface area contributed by atoms with Crippen molar-refractivity contribution in [3.05, 3.63) is 36.2 Å². The summed E-state index contributed by atoms with van der Waals surface area (Å²) < 4.78 is 33.7. The largest absolute Gasteiger partial charge is 0.496 e. The van der Waals surface area contributed by atoms with Crippen LogP contribution < -0.4 is 9.46 Å². The number of nitrogens with one attached hydrogen (secondary N) is 1. The maximum atomic E-state index is 12.6. The SMILES string of the molecule is COc1cc(Cn2cccn2)cc2onc(NS(=O)C3CCCOC3)c12. The zero-order valence-corrected chi connectivity index (χ0v) is 15.2. The Bertz CT molecular complexity index is 903. The molecule has 0 spiro atoms. The van der Waals surface area contributed by atoms with E-state index in [9.17, 15) is 4.21 Å². The van der Waals surface area contributed by atoms with Crippen molar-refractivity contribution in [2.45, 2.75) is 24.6 Å². The molecule has 2 unspecified atom stereocenters. The summed E-state index contributed by atoms with van der Waals surface area (Å²) in [4.78, 5) is 0. The first kappa shape index (κ1) is 17.0. The van der Waals surface area contributed by atoms with Gasteiger partial charge < -0.3 is 14.0 Å². The van der Waals surface area contributed by atoms with Crippen molar-refractivity contribution in [2.75, 3.05) is 25.0 Å². The summed E-state index contributed by atoms with van der Waals surface area (Å²) in [5.74, 6) is 1.04. The topological polar surface area (TPSA) is 91.4 Å². The van der Waals surface area contributed by atoms with Gasteiger partial charge in [-0.25, -0.2) is 4.21 Å². The van der Waals surface area contributed by atoms with Crippen molar-refractivity contribution in [2.24, 2.45) is 0 Å². The molecule has 8 nitrogen and oxygen atoms in total. The van der Waals surface area contributed by atoms with E-state index in [-0.39, 0.29) is 5.25 Å². The molecule has 1 fully saturated rings. The van der Waals surface area contributed by atoms with Gasteiger partial charge in [-0.3, -0.25) is 9.40 Å². The first-order valence-corrected chi connectivity index (χ1v) is 9.64. The van der Waals surface area contributed by atoms with Crippen LogP contribution in [0.3, 0.4) is 0 Å². The fraction of sp³-hybridized carbons (Fsp3) is 0.412. The molecule has 1 saturated heterocycles. The molecule has 3 heterocycles. The lowest BCUT2D eigenvalue weighted by Gasteiger charge is -2.21. The summed E-state index contributed by atoms with van der Waals surface area (Å²) in [6, 6.07) is 5.68. The molecular weight excluding hydrogens is 356 g/mol. The normalized spacial score (nSPS) is 18.7. The summed E-state index contributed by atoms with van der Waals surface area (Å²) in [6.07, 6.45) is 5.40. The van der Waals surface area contributed by atoms with Gasteiger partial charge in [0.05, 0.1) is 25.5 Å². The van der Waals surface area contributed by atoms with Gasteiger partial charge in [0.15, 0.2) is 11.4 Å². The van der Waals surface area contributed by atoms with Crippen LogP contribution in [0.25, 0.3) is 11.0 Å². The average molecular weight is 376 g/mol. The molecule has 1 N–H and O–H groups in total. The highest BCUT2D eigenvalue weighted by molar-refractivity contribution is 7.87. The van der Waals surface area contributed by atoms with Gasteiger partial charge in [0.1, 0.15) is 22.1 Å². The molecule has 1 aromatic carbocycles. The number of ether oxygens (including phenoxy) is 2. The van der Waals surface area contributed by atoms with E-state index >= 15 is 0 Å². The third kappa shape index (κ3) is 3.45. The quantitative estimate of drug-likeness (QED) is 0.710. The summed E-state index contributed by atoms with van der Waals surface area (Å²) in [7, 11) is 0.292. The van der Waals surface area contributed by atoms with Crippen LogP contribution in [0.2, 0.25) is 0 Å². The van der Waals surface area contributed by atoms with E-state index in [0.717, 1.165) is 25.0 Å². The van der Waals surface area contributed by atoms with Crippen LogP contribution in [0, 0.1) is 0 Å². The molecule has 0 amide bonds. The Morgan fingerprint density at radius 1 is 1.46 bits per heavy atom. The lowest BCUT2D eigenvalue weighted by atomic mass is 10.1. The number of hydrogen-bond donors (Lipinski definition) is 1. The van der Waals surface area contributed by atoms with Crippen molar-refractivity contribution < 1.29 is 18.2 Å². The highest BCUT2D eigenvalue weighted by Crippen LogP contribution is 2.34. The second-order valence-corrected chi connectivity index (χ2v) is 7.61. The van der Waals surface area contributed by atoms with E-state index in [1.165, 1.54) is 0 Å². The number of nitrogens with zero attached hydrogens (tertiary/aromatic N) is 3. The maximum absolute atomic E-state index is 12.6. The Morgan fingerprint density at radius 2 is 2.38 bits per heavy atom. The molecule has 0 bridgehead atoms. The van der Waals surface area contributed by atoms with Gasteiger partial charge in [-0.05, 0) is 36.6 Å². The molecule has 26 heavy (non-hydrogen) atoms. The van der Waals surface area contributed by atoms with Gasteiger partial charge in [0.2, 0.25) is 0 Å². The predicted molar refractivity (Wildman–Crippen MR) is 97.5 cm³/mol. The Morgan fingerprint density at radius 3 is 3.12 bits per heavy atom. The predicted octanol–water partition coefficient (Wildman–Crippen LogP) is 2.34. The van der Waals surface area contributed by atoms with Gasteiger partial charge in [-0.1, -0.05) is 5.16 Å². The minimum atomic E-state index is -1.30. The van der Waals surface area contributed by atoms with Crippen LogP contribution in [-0.2, 0) is 22.3 Å². The molecule has 9 heteroatoms. The molecule has 0 aliphatic carbocycles. The van der Waals surface area contributed by atoms with Crippen molar-refractivity contribution in [1.82, 2.24) is 14.9 Å². The average Bonchev–Trinajstić information content (AvgIpc) is 3.32. The van der Waals surface area contributed by atoms with Crippen LogP contribution >= 0.6 is 0 Å². The van der Waals surface area contributed by atoms with Gasteiger partial charge >= 0.3 is 0 Å². The summed E-state index contributed by atoms with van der Waals surface area (Å²) in [5.41, 5.74) is 1.55. The number of rotatable bonds is 6. The van der Waals surface area contributed by atoms with Crippen molar-refractivity contribution in [3.8, 4) is 5.75 Å². The van der Waals surface area contributed by atoms with Gasteiger partial charge in [-0.15, -0.1) is 0 Å². The first-order valence-electron chi connectivity index (χ1n) is 8.43. The van der Waals surface area contributed by atoms with Crippen LogP contribution in [0.1, 0.15) is 18.4 Å². The van der Waals surface area contributed by atoms with Crippen LogP contribution in [0.5, 0.6) is 5.75 Å².